The van der Waals surface area contributed by atoms with Crippen LogP contribution in [0.15, 0.2) is 53.1 Å². The summed E-state index contributed by atoms with van der Waals surface area (Å²) in [7, 11) is 3.12. The second kappa shape index (κ2) is 8.22. The van der Waals surface area contributed by atoms with E-state index in [-0.39, 0.29) is 29.7 Å². The molecule has 37 heavy (non-hydrogen) atoms. The predicted octanol–water partition coefficient (Wildman–Crippen LogP) is 1.32. The number of carbonyl (C=O) groups is 3. The summed E-state index contributed by atoms with van der Waals surface area (Å²) in [6.07, 6.45) is 1.39. The quantitative estimate of drug-likeness (QED) is 0.302. The molecule has 3 aliphatic rings. The number of likely N-dealkylation sites (N-methyl/N-ethyl adjacent to an activating group) is 1. The lowest BCUT2D eigenvalue weighted by Gasteiger charge is -2.50. The van der Waals surface area contributed by atoms with E-state index in [2.05, 4.69) is 4.98 Å². The number of ketones is 2. The highest BCUT2D eigenvalue weighted by Gasteiger charge is 2.63. The van der Waals surface area contributed by atoms with Crippen LogP contribution >= 0.6 is 0 Å². The molecule has 1 aromatic carbocycles. The molecule has 3 aliphatic carbocycles. The molecule has 4 atom stereocenters. The lowest BCUT2D eigenvalue weighted by molar-refractivity contribution is -0.148. The Morgan fingerprint density at radius 2 is 1.86 bits per heavy atom. The highest BCUT2D eigenvalue weighted by molar-refractivity contribution is 6.24. The first-order chi connectivity index (χ1) is 17.4. The third kappa shape index (κ3) is 3.31. The average molecular weight is 509 g/mol. The molecular formula is C26H24FN3O7. The van der Waals surface area contributed by atoms with E-state index in [0.29, 0.717) is 16.7 Å². The van der Waals surface area contributed by atoms with E-state index in [1.54, 1.807) is 20.2 Å². The molecular weight excluding hydrogens is 485 g/mol. The number of fused-ring (bicyclic) bond motifs is 3. The molecule has 1 amide bonds. The molecule has 0 bridgehead atoms. The van der Waals surface area contributed by atoms with Crippen LogP contribution < -0.4 is 5.73 Å². The van der Waals surface area contributed by atoms with Gasteiger partial charge in [0.05, 0.1) is 11.6 Å². The molecule has 0 fully saturated rings. The minimum absolute atomic E-state index is 0.0253. The Bertz CT molecular complexity index is 1450. The van der Waals surface area contributed by atoms with Gasteiger partial charge in [-0.3, -0.25) is 19.3 Å². The third-order valence-corrected chi connectivity index (χ3v) is 7.64. The summed E-state index contributed by atoms with van der Waals surface area (Å²) in [6, 6.07) is 4.43. The number of nitrogens with two attached hydrogens (primary N) is 1. The van der Waals surface area contributed by atoms with E-state index in [9.17, 15) is 39.2 Å². The SMILES string of the molecule is CN(C)C1C(O)=C(C(N)=O)C(=O)C2(O)C(O)=C3C(=O)c4c(O)ccc(-c5ccc(F)nc5)c4CC3CC12. The molecule has 0 saturated heterocycles. The van der Waals surface area contributed by atoms with Crippen LogP contribution in [0.1, 0.15) is 22.3 Å². The maximum Gasteiger partial charge on any atom is 0.255 e. The molecule has 2 aromatic rings. The number of nitrogens with zero attached hydrogens (tertiary/aromatic N) is 2. The highest BCUT2D eigenvalue weighted by Crippen LogP contribution is 2.53. The molecule has 11 heteroatoms. The van der Waals surface area contributed by atoms with Gasteiger partial charge < -0.3 is 26.2 Å². The summed E-state index contributed by atoms with van der Waals surface area (Å²) in [5.74, 6) is -7.81. The van der Waals surface area contributed by atoms with Crippen LogP contribution in [0.2, 0.25) is 0 Å². The van der Waals surface area contributed by atoms with Gasteiger partial charge in [-0.1, -0.05) is 6.07 Å². The maximum absolute atomic E-state index is 13.7. The van der Waals surface area contributed by atoms with Gasteiger partial charge in [0.15, 0.2) is 11.4 Å². The van der Waals surface area contributed by atoms with Crippen LogP contribution in [0, 0.1) is 17.8 Å². The fourth-order valence-corrected chi connectivity index (χ4v) is 6.06. The monoisotopic (exact) mass is 509 g/mol. The number of aliphatic hydroxyl groups is 3. The van der Waals surface area contributed by atoms with Gasteiger partial charge in [0.1, 0.15) is 22.8 Å². The van der Waals surface area contributed by atoms with Crippen molar-refractivity contribution < 1.29 is 39.2 Å². The minimum Gasteiger partial charge on any atom is -0.510 e. The van der Waals surface area contributed by atoms with Gasteiger partial charge in [-0.25, -0.2) is 4.98 Å². The number of phenolic OH excluding ortho intramolecular Hbond substituents is 1. The summed E-state index contributed by atoms with van der Waals surface area (Å²) in [5.41, 5.74) is 2.86. The number of Topliss-reactive ketones (excluding diaryl/α,β-unsaturated/α-hetero) is 2. The van der Waals surface area contributed by atoms with Crippen LogP contribution in [0.25, 0.3) is 11.1 Å². The van der Waals surface area contributed by atoms with Crippen molar-refractivity contribution in [2.75, 3.05) is 14.1 Å². The Morgan fingerprint density at radius 3 is 2.46 bits per heavy atom. The number of rotatable bonds is 3. The summed E-state index contributed by atoms with van der Waals surface area (Å²) < 4.78 is 13.4. The lowest BCUT2D eigenvalue weighted by Crippen LogP contribution is -2.63. The van der Waals surface area contributed by atoms with Crippen molar-refractivity contribution in [3.8, 4) is 16.9 Å². The fourth-order valence-electron chi connectivity index (χ4n) is 6.06. The number of hydrogen-bond donors (Lipinski definition) is 5. The Labute approximate surface area is 210 Å². The molecule has 0 radical (unpaired) electrons. The van der Waals surface area contributed by atoms with E-state index in [1.807, 2.05) is 0 Å². The number of aromatic nitrogens is 1. The molecule has 0 aliphatic heterocycles. The largest absolute Gasteiger partial charge is 0.510 e. The standard InChI is InChI=1S/C26H24FN3O7/c1-30(2)20-14-8-11-7-13-12(10-3-6-16(27)29-9-10)4-5-15(31)18(13)21(32)17(11)23(34)26(14,37)24(35)19(22(20)33)25(28)36/h3-6,9,11,14,20,31,33-34,37H,7-8H2,1-2H3,(H2,28,36). The summed E-state index contributed by atoms with van der Waals surface area (Å²) in [4.78, 5) is 44.2. The summed E-state index contributed by atoms with van der Waals surface area (Å²) in [6.45, 7) is 0. The van der Waals surface area contributed by atoms with Gasteiger partial charge >= 0.3 is 0 Å². The van der Waals surface area contributed by atoms with Gasteiger partial charge in [0.2, 0.25) is 11.7 Å². The Kier molecular flexibility index (Phi) is 5.46. The van der Waals surface area contributed by atoms with Crippen molar-refractivity contribution in [2.24, 2.45) is 17.6 Å². The zero-order valence-corrected chi connectivity index (χ0v) is 19.9. The van der Waals surface area contributed by atoms with Crippen molar-refractivity contribution in [2.45, 2.75) is 24.5 Å². The van der Waals surface area contributed by atoms with E-state index in [0.717, 1.165) is 6.07 Å². The first kappa shape index (κ1) is 24.6. The number of benzene rings is 1. The first-order valence-electron chi connectivity index (χ1n) is 11.5. The minimum atomic E-state index is -2.70. The molecule has 1 aromatic heterocycles. The molecule has 192 valence electrons. The molecule has 4 unspecified atom stereocenters. The smallest absolute Gasteiger partial charge is 0.255 e. The number of amides is 1. The number of aromatic hydroxyl groups is 1. The van der Waals surface area contributed by atoms with Crippen LogP contribution in [0.4, 0.5) is 4.39 Å². The third-order valence-electron chi connectivity index (χ3n) is 7.64. The van der Waals surface area contributed by atoms with Gasteiger partial charge in [-0.05, 0) is 62.2 Å². The number of pyridine rings is 1. The maximum atomic E-state index is 13.7. The first-order valence-corrected chi connectivity index (χ1v) is 11.5. The number of primary amides is 1. The Morgan fingerprint density at radius 1 is 1.16 bits per heavy atom. The molecule has 0 saturated carbocycles. The van der Waals surface area contributed by atoms with Crippen molar-refractivity contribution in [3.63, 3.8) is 0 Å². The van der Waals surface area contributed by atoms with E-state index < -0.39 is 64.0 Å². The van der Waals surface area contributed by atoms with Crippen LogP contribution in [-0.4, -0.2) is 73.5 Å². The second-order valence-corrected chi connectivity index (χ2v) is 9.82. The number of allylic oxidation sites excluding steroid dienone is 1. The summed E-state index contributed by atoms with van der Waals surface area (Å²) >= 11 is 0. The molecule has 1 heterocycles. The molecule has 10 nitrogen and oxygen atoms in total. The number of halogens is 1. The van der Waals surface area contributed by atoms with Gasteiger partial charge in [0, 0.05) is 23.3 Å². The van der Waals surface area contributed by atoms with E-state index in [4.69, 9.17) is 5.73 Å². The van der Waals surface area contributed by atoms with E-state index in [1.165, 1.54) is 23.2 Å². The van der Waals surface area contributed by atoms with Crippen LogP contribution in [-0.2, 0) is 16.0 Å². The number of aliphatic hydroxyl groups excluding tert-OH is 2. The second-order valence-electron chi connectivity index (χ2n) is 9.82. The lowest BCUT2D eigenvalue weighted by atomic mass is 9.58. The average Bonchev–Trinajstić information content (AvgIpc) is 2.82. The Balaban J connectivity index is 1.72. The zero-order valence-electron chi connectivity index (χ0n) is 19.9. The zero-order chi connectivity index (χ0) is 27.0. The van der Waals surface area contributed by atoms with Gasteiger partial charge in [0.25, 0.3) is 5.91 Å². The van der Waals surface area contributed by atoms with Crippen LogP contribution in [0.5, 0.6) is 5.75 Å². The van der Waals surface area contributed by atoms with Crippen molar-refractivity contribution in [3.05, 3.63) is 70.2 Å². The van der Waals surface area contributed by atoms with Crippen molar-refractivity contribution in [1.82, 2.24) is 9.88 Å². The fraction of sp³-hybridized carbons (Fsp3) is 0.308. The normalized spacial score (nSPS) is 27.2. The van der Waals surface area contributed by atoms with Gasteiger partial charge in [-0.2, -0.15) is 4.39 Å². The van der Waals surface area contributed by atoms with E-state index >= 15 is 0 Å². The number of carbonyl (C=O) groups excluding carboxylic acids is 3. The van der Waals surface area contributed by atoms with Gasteiger partial charge in [-0.15, -0.1) is 0 Å². The predicted molar refractivity (Wildman–Crippen MR) is 127 cm³/mol. The molecule has 5 rings (SSSR count). The highest BCUT2D eigenvalue weighted by atomic mass is 19.1. The summed E-state index contributed by atoms with van der Waals surface area (Å²) in [5, 5.41) is 44.3. The number of hydrogen-bond acceptors (Lipinski definition) is 9. The van der Waals surface area contributed by atoms with Crippen molar-refractivity contribution in [1.29, 1.82) is 0 Å². The molecule has 0 spiro atoms. The topological polar surface area (TPSA) is 174 Å². The van der Waals surface area contributed by atoms with Crippen molar-refractivity contribution >= 4 is 17.5 Å². The number of phenols is 1. The molecule has 6 N–H and O–H groups in total. The van der Waals surface area contributed by atoms with Crippen LogP contribution in [0.3, 0.4) is 0 Å². The Hall–Kier alpha value is -4.09.